The number of fused-ring (bicyclic) bond motifs is 2. The Labute approximate surface area is 182 Å². The third-order valence-corrected chi connectivity index (χ3v) is 5.83. The fourth-order valence-corrected chi connectivity index (χ4v) is 4.33. The predicted molar refractivity (Wildman–Crippen MR) is 124 cm³/mol. The molecule has 0 aromatic heterocycles. The summed E-state index contributed by atoms with van der Waals surface area (Å²) in [5.41, 5.74) is 1.70. The largest absolute Gasteiger partial charge is 0.507 e. The average molecular weight is 415 g/mol. The van der Waals surface area contributed by atoms with Crippen LogP contribution in [0, 0.1) is 0 Å². The standard InChI is InChI=1S/C27H26O4/c28-23-14-12-19-7-1-3-9-21(19)26(23)27-22-10-4-2-8-20(22)13-15-24(27)29-17-18-31-25-11-5-6-16-30-25/h1-4,7-10,12-15,25,28H,5-6,11,16-18H2/t25-/m0/s1. The van der Waals surface area contributed by atoms with Crippen molar-refractivity contribution in [2.24, 2.45) is 0 Å². The molecule has 1 fully saturated rings. The molecule has 0 unspecified atom stereocenters. The van der Waals surface area contributed by atoms with Crippen molar-refractivity contribution in [1.29, 1.82) is 0 Å². The summed E-state index contributed by atoms with van der Waals surface area (Å²) in [5.74, 6) is 0.977. The molecule has 0 amide bonds. The van der Waals surface area contributed by atoms with E-state index in [-0.39, 0.29) is 12.0 Å². The number of hydrogen-bond donors (Lipinski definition) is 1. The van der Waals surface area contributed by atoms with E-state index in [1.807, 2.05) is 42.5 Å². The normalized spacial score (nSPS) is 16.6. The molecule has 0 aliphatic carbocycles. The first kappa shape index (κ1) is 19.9. The molecule has 0 radical (unpaired) electrons. The molecule has 0 spiro atoms. The van der Waals surface area contributed by atoms with Gasteiger partial charge in [-0.3, -0.25) is 0 Å². The molecular weight excluding hydrogens is 388 g/mol. The number of ether oxygens (including phenoxy) is 3. The van der Waals surface area contributed by atoms with E-state index in [1.54, 1.807) is 6.07 Å². The second-order valence-corrected chi connectivity index (χ2v) is 7.86. The number of phenolic OH excluding ortho intramolecular Hbond substituents is 1. The molecule has 0 bridgehead atoms. The monoisotopic (exact) mass is 414 g/mol. The van der Waals surface area contributed by atoms with Gasteiger partial charge in [0.1, 0.15) is 18.1 Å². The van der Waals surface area contributed by atoms with Crippen molar-refractivity contribution in [3.63, 3.8) is 0 Å². The lowest BCUT2D eigenvalue weighted by Gasteiger charge is -2.23. The number of hydrogen-bond acceptors (Lipinski definition) is 4. The minimum atomic E-state index is -0.129. The lowest BCUT2D eigenvalue weighted by molar-refractivity contribution is -0.165. The van der Waals surface area contributed by atoms with Crippen LogP contribution in [0.15, 0.2) is 72.8 Å². The summed E-state index contributed by atoms with van der Waals surface area (Å²) < 4.78 is 17.7. The van der Waals surface area contributed by atoms with E-state index in [1.165, 1.54) is 0 Å². The van der Waals surface area contributed by atoms with Crippen LogP contribution in [0.4, 0.5) is 0 Å². The third kappa shape index (κ3) is 4.09. The fourth-order valence-electron chi connectivity index (χ4n) is 4.33. The van der Waals surface area contributed by atoms with Crippen LogP contribution in [-0.4, -0.2) is 31.2 Å². The van der Waals surface area contributed by atoms with Gasteiger partial charge < -0.3 is 19.3 Å². The van der Waals surface area contributed by atoms with E-state index in [0.717, 1.165) is 64.3 Å². The fraction of sp³-hybridized carbons (Fsp3) is 0.259. The molecule has 0 saturated carbocycles. The van der Waals surface area contributed by atoms with Gasteiger partial charge in [-0.15, -0.1) is 0 Å². The molecule has 158 valence electrons. The summed E-state index contributed by atoms with van der Waals surface area (Å²) in [6, 6.07) is 24.0. The van der Waals surface area contributed by atoms with Gasteiger partial charge in [0.2, 0.25) is 0 Å². The van der Waals surface area contributed by atoms with Crippen LogP contribution in [0.25, 0.3) is 32.7 Å². The summed E-state index contributed by atoms with van der Waals surface area (Å²) in [6.07, 6.45) is 3.05. The van der Waals surface area contributed by atoms with Crippen LogP contribution in [0.5, 0.6) is 11.5 Å². The lowest BCUT2D eigenvalue weighted by atomic mass is 9.92. The maximum absolute atomic E-state index is 10.9. The first-order valence-corrected chi connectivity index (χ1v) is 10.9. The van der Waals surface area contributed by atoms with Gasteiger partial charge >= 0.3 is 0 Å². The number of rotatable bonds is 6. The molecule has 4 nitrogen and oxygen atoms in total. The zero-order chi connectivity index (χ0) is 21.0. The van der Waals surface area contributed by atoms with E-state index in [4.69, 9.17) is 14.2 Å². The van der Waals surface area contributed by atoms with Crippen LogP contribution in [0.2, 0.25) is 0 Å². The molecule has 4 aromatic carbocycles. The molecule has 4 heteroatoms. The van der Waals surface area contributed by atoms with Crippen molar-refractivity contribution in [3.8, 4) is 22.6 Å². The number of phenols is 1. The van der Waals surface area contributed by atoms with E-state index in [9.17, 15) is 5.11 Å². The zero-order valence-electron chi connectivity index (χ0n) is 17.4. The summed E-state index contributed by atoms with van der Waals surface area (Å²) in [4.78, 5) is 0. The molecule has 1 saturated heterocycles. The Bertz CT molecular complexity index is 1190. The summed E-state index contributed by atoms with van der Waals surface area (Å²) in [6.45, 7) is 1.63. The second kappa shape index (κ2) is 8.96. The van der Waals surface area contributed by atoms with Crippen LogP contribution in [0.3, 0.4) is 0 Å². The predicted octanol–water partition coefficient (Wildman–Crippen LogP) is 6.29. The lowest BCUT2D eigenvalue weighted by Crippen LogP contribution is -2.24. The van der Waals surface area contributed by atoms with Crippen LogP contribution in [-0.2, 0) is 9.47 Å². The highest BCUT2D eigenvalue weighted by Gasteiger charge is 2.18. The Morgan fingerprint density at radius 2 is 1.48 bits per heavy atom. The Hall–Kier alpha value is -3.08. The van der Waals surface area contributed by atoms with Gasteiger partial charge in [0, 0.05) is 17.7 Å². The van der Waals surface area contributed by atoms with Crippen molar-refractivity contribution < 1.29 is 19.3 Å². The minimum Gasteiger partial charge on any atom is -0.507 e. The van der Waals surface area contributed by atoms with Crippen molar-refractivity contribution in [3.05, 3.63) is 72.8 Å². The van der Waals surface area contributed by atoms with Crippen molar-refractivity contribution in [2.45, 2.75) is 25.6 Å². The summed E-state index contributed by atoms with van der Waals surface area (Å²) >= 11 is 0. The zero-order valence-corrected chi connectivity index (χ0v) is 17.4. The van der Waals surface area contributed by atoms with Gasteiger partial charge in [0.05, 0.1) is 6.61 Å². The van der Waals surface area contributed by atoms with E-state index >= 15 is 0 Å². The molecule has 1 aliphatic heterocycles. The maximum atomic E-state index is 10.9. The Morgan fingerprint density at radius 1 is 0.774 bits per heavy atom. The van der Waals surface area contributed by atoms with Crippen LogP contribution in [0.1, 0.15) is 19.3 Å². The molecular formula is C27H26O4. The summed E-state index contributed by atoms with van der Waals surface area (Å²) in [5, 5.41) is 15.1. The van der Waals surface area contributed by atoms with E-state index in [0.29, 0.717) is 13.2 Å². The molecule has 5 rings (SSSR count). The highest BCUT2D eigenvalue weighted by atomic mass is 16.7. The smallest absolute Gasteiger partial charge is 0.157 e. The van der Waals surface area contributed by atoms with Crippen molar-refractivity contribution in [2.75, 3.05) is 19.8 Å². The average Bonchev–Trinajstić information content (AvgIpc) is 2.83. The van der Waals surface area contributed by atoms with Gasteiger partial charge in [-0.1, -0.05) is 60.7 Å². The highest BCUT2D eigenvalue weighted by Crippen LogP contribution is 2.44. The van der Waals surface area contributed by atoms with Gasteiger partial charge in [0.15, 0.2) is 6.29 Å². The highest BCUT2D eigenvalue weighted by molar-refractivity contribution is 6.09. The molecule has 1 aliphatic rings. The van der Waals surface area contributed by atoms with Crippen LogP contribution >= 0.6 is 0 Å². The molecule has 1 heterocycles. The van der Waals surface area contributed by atoms with Crippen molar-refractivity contribution >= 4 is 21.5 Å². The van der Waals surface area contributed by atoms with Crippen molar-refractivity contribution in [1.82, 2.24) is 0 Å². The SMILES string of the molecule is Oc1ccc2ccccc2c1-c1c(OCCO[C@H]2CCCCO2)ccc2ccccc12. The van der Waals surface area contributed by atoms with E-state index in [2.05, 4.69) is 24.3 Å². The number of aromatic hydroxyl groups is 1. The summed E-state index contributed by atoms with van der Waals surface area (Å²) in [7, 11) is 0. The Balaban J connectivity index is 1.52. The first-order valence-electron chi connectivity index (χ1n) is 10.9. The quantitative estimate of drug-likeness (QED) is 0.377. The van der Waals surface area contributed by atoms with E-state index < -0.39 is 0 Å². The second-order valence-electron chi connectivity index (χ2n) is 7.86. The molecule has 31 heavy (non-hydrogen) atoms. The van der Waals surface area contributed by atoms with Gasteiger partial charge in [0.25, 0.3) is 0 Å². The van der Waals surface area contributed by atoms with Gasteiger partial charge in [-0.25, -0.2) is 0 Å². The van der Waals surface area contributed by atoms with Gasteiger partial charge in [-0.05, 0) is 52.9 Å². The molecule has 1 atom stereocenters. The molecule has 4 aromatic rings. The minimum absolute atomic E-state index is 0.129. The topological polar surface area (TPSA) is 47.9 Å². The van der Waals surface area contributed by atoms with Gasteiger partial charge in [-0.2, -0.15) is 0 Å². The molecule has 1 N–H and O–H groups in total. The number of benzene rings is 4. The third-order valence-electron chi connectivity index (χ3n) is 5.83. The Kier molecular flexibility index (Phi) is 5.74. The maximum Gasteiger partial charge on any atom is 0.157 e. The van der Waals surface area contributed by atoms with Crippen LogP contribution < -0.4 is 4.74 Å². The Morgan fingerprint density at radius 3 is 2.23 bits per heavy atom. The first-order chi connectivity index (χ1) is 15.3.